The van der Waals surface area contributed by atoms with Crippen molar-refractivity contribution in [2.24, 2.45) is 0 Å². The van der Waals surface area contributed by atoms with Crippen molar-refractivity contribution < 1.29 is 0 Å². The van der Waals surface area contributed by atoms with E-state index in [1.54, 1.807) is 17.7 Å². The lowest BCUT2D eigenvalue weighted by Crippen LogP contribution is -2.23. The van der Waals surface area contributed by atoms with Crippen molar-refractivity contribution in [2.45, 2.75) is 13.8 Å². The quantitative estimate of drug-likeness (QED) is 0.827. The molecular weight excluding hydrogens is 230 g/mol. The molecule has 0 aliphatic rings. The number of nitrogens with zero attached hydrogens (tertiary/aromatic N) is 3. The van der Waals surface area contributed by atoms with Gasteiger partial charge in [-0.25, -0.2) is 9.97 Å². The van der Waals surface area contributed by atoms with Crippen molar-refractivity contribution in [2.75, 3.05) is 18.0 Å². The summed E-state index contributed by atoms with van der Waals surface area (Å²) >= 11 is 7.70. The highest BCUT2D eigenvalue weighted by atomic mass is 35.5. The van der Waals surface area contributed by atoms with E-state index in [1.807, 2.05) is 5.38 Å². The van der Waals surface area contributed by atoms with Gasteiger partial charge in [0.15, 0.2) is 0 Å². The molecule has 0 atom stereocenters. The van der Waals surface area contributed by atoms with Crippen LogP contribution in [0, 0.1) is 0 Å². The van der Waals surface area contributed by atoms with Gasteiger partial charge >= 0.3 is 0 Å². The van der Waals surface area contributed by atoms with Crippen LogP contribution in [0.1, 0.15) is 13.8 Å². The topological polar surface area (TPSA) is 29.0 Å². The van der Waals surface area contributed by atoms with Gasteiger partial charge in [0, 0.05) is 18.5 Å². The number of fused-ring (bicyclic) bond motifs is 1. The minimum atomic E-state index is 0.748. The second kappa shape index (κ2) is 4.33. The standard InChI is InChI=1S/C10H12ClN3S/c1-3-14(4-2)9-8-7(11)5-15-10(8)13-6-12-9/h5-6H,3-4H2,1-2H3. The van der Waals surface area contributed by atoms with Gasteiger partial charge in [0.2, 0.25) is 0 Å². The fourth-order valence-electron chi connectivity index (χ4n) is 1.59. The summed E-state index contributed by atoms with van der Waals surface area (Å²) in [5.41, 5.74) is 0. The Morgan fingerprint density at radius 1 is 1.33 bits per heavy atom. The molecule has 2 aromatic heterocycles. The average Bonchev–Trinajstić information content (AvgIpc) is 2.63. The Bertz CT molecular complexity index is 465. The van der Waals surface area contributed by atoms with Gasteiger partial charge in [-0.2, -0.15) is 0 Å². The SMILES string of the molecule is CCN(CC)c1ncnc2scc(Cl)c12. The molecule has 2 rings (SSSR count). The highest BCUT2D eigenvalue weighted by Crippen LogP contribution is 2.34. The third-order valence-electron chi connectivity index (χ3n) is 2.37. The van der Waals surface area contributed by atoms with E-state index in [0.717, 1.165) is 34.1 Å². The molecule has 0 aliphatic heterocycles. The second-order valence-electron chi connectivity index (χ2n) is 3.13. The van der Waals surface area contributed by atoms with Crippen LogP contribution in [0.4, 0.5) is 5.82 Å². The molecule has 2 aromatic rings. The van der Waals surface area contributed by atoms with Gasteiger partial charge in [-0.15, -0.1) is 11.3 Å². The molecule has 2 heterocycles. The molecule has 0 saturated carbocycles. The van der Waals surface area contributed by atoms with Crippen LogP contribution in [-0.4, -0.2) is 23.1 Å². The minimum absolute atomic E-state index is 0.748. The predicted molar refractivity (Wildman–Crippen MR) is 66.0 cm³/mol. The molecule has 0 saturated heterocycles. The molecule has 0 radical (unpaired) electrons. The third-order valence-corrected chi connectivity index (χ3v) is 3.68. The average molecular weight is 242 g/mol. The molecule has 5 heteroatoms. The Labute approximate surface area is 97.7 Å². The Kier molecular flexibility index (Phi) is 3.07. The fraction of sp³-hybridized carbons (Fsp3) is 0.400. The van der Waals surface area contributed by atoms with Gasteiger partial charge in [0.1, 0.15) is 17.0 Å². The number of rotatable bonds is 3. The molecule has 0 N–H and O–H groups in total. The summed E-state index contributed by atoms with van der Waals surface area (Å²) in [5, 5.41) is 3.64. The fourth-order valence-corrected chi connectivity index (χ4v) is 2.71. The van der Waals surface area contributed by atoms with E-state index in [2.05, 4.69) is 28.7 Å². The summed E-state index contributed by atoms with van der Waals surface area (Å²) in [6.45, 7) is 6.07. The Morgan fingerprint density at radius 3 is 2.73 bits per heavy atom. The number of hydrogen-bond donors (Lipinski definition) is 0. The summed E-state index contributed by atoms with van der Waals surface area (Å²) < 4.78 is 0. The monoisotopic (exact) mass is 241 g/mol. The lowest BCUT2D eigenvalue weighted by molar-refractivity contribution is 0.849. The smallest absolute Gasteiger partial charge is 0.142 e. The number of thiophene rings is 1. The maximum Gasteiger partial charge on any atom is 0.142 e. The van der Waals surface area contributed by atoms with Crippen molar-refractivity contribution in [3.05, 3.63) is 16.7 Å². The maximum absolute atomic E-state index is 6.14. The second-order valence-corrected chi connectivity index (χ2v) is 4.40. The number of anilines is 1. The number of hydrogen-bond acceptors (Lipinski definition) is 4. The van der Waals surface area contributed by atoms with E-state index in [-0.39, 0.29) is 0 Å². The van der Waals surface area contributed by atoms with Gasteiger partial charge in [-0.3, -0.25) is 0 Å². The molecule has 0 aromatic carbocycles. The summed E-state index contributed by atoms with van der Waals surface area (Å²) in [4.78, 5) is 11.7. The van der Waals surface area contributed by atoms with Gasteiger partial charge in [-0.1, -0.05) is 11.6 Å². The van der Waals surface area contributed by atoms with E-state index < -0.39 is 0 Å². The van der Waals surface area contributed by atoms with Crippen molar-refractivity contribution >= 4 is 39.0 Å². The molecule has 0 amide bonds. The zero-order valence-corrected chi connectivity index (χ0v) is 10.3. The number of aromatic nitrogens is 2. The highest BCUT2D eigenvalue weighted by molar-refractivity contribution is 7.17. The molecule has 0 bridgehead atoms. The zero-order chi connectivity index (χ0) is 10.8. The molecule has 0 aliphatic carbocycles. The van der Waals surface area contributed by atoms with Crippen LogP contribution >= 0.6 is 22.9 Å². The highest BCUT2D eigenvalue weighted by Gasteiger charge is 2.13. The number of halogens is 1. The first kappa shape index (κ1) is 10.6. The van der Waals surface area contributed by atoms with E-state index in [4.69, 9.17) is 11.6 Å². The van der Waals surface area contributed by atoms with E-state index in [0.29, 0.717) is 0 Å². The summed E-state index contributed by atoms with van der Waals surface area (Å²) in [5.74, 6) is 0.941. The van der Waals surface area contributed by atoms with Crippen LogP contribution in [0.2, 0.25) is 5.02 Å². The summed E-state index contributed by atoms with van der Waals surface area (Å²) in [6, 6.07) is 0. The summed E-state index contributed by atoms with van der Waals surface area (Å²) in [6.07, 6.45) is 1.60. The van der Waals surface area contributed by atoms with Crippen LogP contribution < -0.4 is 4.90 Å². The molecule has 0 spiro atoms. The van der Waals surface area contributed by atoms with E-state index in [9.17, 15) is 0 Å². The first-order valence-electron chi connectivity index (χ1n) is 4.90. The maximum atomic E-state index is 6.14. The van der Waals surface area contributed by atoms with Crippen molar-refractivity contribution in [1.29, 1.82) is 0 Å². The third kappa shape index (κ3) is 1.79. The molecule has 80 valence electrons. The molecular formula is C10H12ClN3S. The molecule has 15 heavy (non-hydrogen) atoms. The normalized spacial score (nSPS) is 10.9. The predicted octanol–water partition coefficient (Wildman–Crippen LogP) is 3.19. The lowest BCUT2D eigenvalue weighted by Gasteiger charge is -2.20. The van der Waals surface area contributed by atoms with E-state index in [1.165, 1.54) is 0 Å². The lowest BCUT2D eigenvalue weighted by atomic mass is 10.3. The van der Waals surface area contributed by atoms with Crippen LogP contribution in [-0.2, 0) is 0 Å². The van der Waals surface area contributed by atoms with Crippen molar-refractivity contribution in [1.82, 2.24) is 9.97 Å². The van der Waals surface area contributed by atoms with Crippen LogP contribution in [0.5, 0.6) is 0 Å². The first-order valence-corrected chi connectivity index (χ1v) is 6.16. The van der Waals surface area contributed by atoms with Gasteiger partial charge in [0.25, 0.3) is 0 Å². The first-order chi connectivity index (χ1) is 7.27. The zero-order valence-electron chi connectivity index (χ0n) is 8.70. The van der Waals surface area contributed by atoms with Crippen molar-refractivity contribution in [3.8, 4) is 0 Å². The Hall–Kier alpha value is -0.870. The van der Waals surface area contributed by atoms with Crippen LogP contribution in [0.25, 0.3) is 10.2 Å². The Balaban J connectivity index is 2.63. The molecule has 3 nitrogen and oxygen atoms in total. The van der Waals surface area contributed by atoms with Crippen LogP contribution in [0.3, 0.4) is 0 Å². The molecule has 0 unspecified atom stereocenters. The molecule has 0 fully saturated rings. The van der Waals surface area contributed by atoms with Gasteiger partial charge < -0.3 is 4.90 Å². The Morgan fingerprint density at radius 2 is 2.07 bits per heavy atom. The minimum Gasteiger partial charge on any atom is -0.356 e. The van der Waals surface area contributed by atoms with Crippen molar-refractivity contribution in [3.63, 3.8) is 0 Å². The van der Waals surface area contributed by atoms with Gasteiger partial charge in [0.05, 0.1) is 10.4 Å². The van der Waals surface area contributed by atoms with Gasteiger partial charge in [-0.05, 0) is 13.8 Å². The summed E-state index contributed by atoms with van der Waals surface area (Å²) in [7, 11) is 0. The largest absolute Gasteiger partial charge is 0.356 e. The van der Waals surface area contributed by atoms with E-state index >= 15 is 0 Å². The van der Waals surface area contributed by atoms with Crippen LogP contribution in [0.15, 0.2) is 11.7 Å².